The Morgan fingerprint density at radius 1 is 0.489 bits per heavy atom. The van der Waals surface area contributed by atoms with Gasteiger partial charge < -0.3 is 4.42 Å². The van der Waals surface area contributed by atoms with Crippen LogP contribution in [-0.2, 0) is 0 Å². The first-order valence-corrected chi connectivity index (χ1v) is 16.0. The summed E-state index contributed by atoms with van der Waals surface area (Å²) in [5.74, 6) is 2.03. The van der Waals surface area contributed by atoms with Crippen LogP contribution in [0.3, 0.4) is 0 Å². The molecular formula is C43H29N3O. The normalized spacial score (nSPS) is 13.0. The lowest BCUT2D eigenvalue weighted by Gasteiger charge is -2.14. The third-order valence-electron chi connectivity index (χ3n) is 9.02. The van der Waals surface area contributed by atoms with Gasteiger partial charge in [-0.2, -0.15) is 0 Å². The molecule has 9 rings (SSSR count). The van der Waals surface area contributed by atoms with Crippen molar-refractivity contribution in [2.75, 3.05) is 0 Å². The van der Waals surface area contributed by atoms with Crippen molar-refractivity contribution in [3.8, 4) is 45.0 Å². The van der Waals surface area contributed by atoms with E-state index >= 15 is 0 Å². The van der Waals surface area contributed by atoms with Crippen molar-refractivity contribution in [1.82, 2.24) is 15.0 Å². The van der Waals surface area contributed by atoms with Crippen molar-refractivity contribution in [3.05, 3.63) is 158 Å². The Bertz CT molecular complexity index is 2520. The second-order valence-electron chi connectivity index (χ2n) is 11.9. The summed E-state index contributed by atoms with van der Waals surface area (Å²) in [6, 6.07) is 46.4. The number of para-hydroxylation sites is 1. The lowest BCUT2D eigenvalue weighted by Crippen LogP contribution is -2.04. The van der Waals surface area contributed by atoms with Crippen LogP contribution in [0.2, 0.25) is 0 Å². The maximum absolute atomic E-state index is 6.24. The molecule has 1 aliphatic carbocycles. The minimum atomic E-state index is 0.652. The molecule has 0 fully saturated rings. The Morgan fingerprint density at radius 2 is 1.17 bits per heavy atom. The SMILES string of the molecule is C1=CCCC(c2nc(-c3ccc(-c4ccc5ccccc5c4)cc3)nc(-c3ccccc3-c3cccc4oc5ccccc5c34)n2)=C1. The first kappa shape index (κ1) is 27.2. The molecule has 0 saturated heterocycles. The van der Waals surface area contributed by atoms with E-state index in [1.807, 2.05) is 18.2 Å². The fraction of sp³-hybridized carbons (Fsp3) is 0.0465. The molecule has 2 aromatic heterocycles. The molecular weight excluding hydrogens is 574 g/mol. The molecule has 0 amide bonds. The third kappa shape index (κ3) is 4.91. The van der Waals surface area contributed by atoms with Gasteiger partial charge in [-0.15, -0.1) is 0 Å². The summed E-state index contributed by atoms with van der Waals surface area (Å²) in [4.78, 5) is 15.3. The van der Waals surface area contributed by atoms with Gasteiger partial charge in [0.1, 0.15) is 11.2 Å². The summed E-state index contributed by atoms with van der Waals surface area (Å²) in [7, 11) is 0. The molecule has 2 heterocycles. The van der Waals surface area contributed by atoms with E-state index in [-0.39, 0.29) is 0 Å². The highest BCUT2D eigenvalue weighted by molar-refractivity contribution is 6.13. The van der Waals surface area contributed by atoms with Crippen molar-refractivity contribution in [1.29, 1.82) is 0 Å². The highest BCUT2D eigenvalue weighted by Crippen LogP contribution is 2.40. The minimum Gasteiger partial charge on any atom is -0.456 e. The summed E-state index contributed by atoms with van der Waals surface area (Å²) >= 11 is 0. The zero-order valence-corrected chi connectivity index (χ0v) is 25.6. The monoisotopic (exact) mass is 603 g/mol. The van der Waals surface area contributed by atoms with E-state index in [2.05, 4.69) is 133 Å². The van der Waals surface area contributed by atoms with Gasteiger partial charge in [0.2, 0.25) is 0 Å². The van der Waals surface area contributed by atoms with E-state index in [1.165, 1.54) is 16.3 Å². The van der Waals surface area contributed by atoms with Crippen molar-refractivity contribution < 1.29 is 4.42 Å². The number of hydrogen-bond donors (Lipinski definition) is 0. The molecule has 4 heteroatoms. The Hall–Kier alpha value is -6.13. The molecule has 0 saturated carbocycles. The van der Waals surface area contributed by atoms with Gasteiger partial charge in [-0.05, 0) is 69.6 Å². The molecule has 222 valence electrons. The van der Waals surface area contributed by atoms with Crippen molar-refractivity contribution in [2.45, 2.75) is 12.8 Å². The van der Waals surface area contributed by atoms with Crippen molar-refractivity contribution in [3.63, 3.8) is 0 Å². The first-order valence-electron chi connectivity index (χ1n) is 16.0. The molecule has 0 radical (unpaired) electrons. The number of furan rings is 1. The van der Waals surface area contributed by atoms with Crippen LogP contribution in [-0.4, -0.2) is 15.0 Å². The second kappa shape index (κ2) is 11.3. The number of benzene rings is 6. The maximum atomic E-state index is 6.24. The van der Waals surface area contributed by atoms with Gasteiger partial charge in [-0.25, -0.2) is 15.0 Å². The van der Waals surface area contributed by atoms with Crippen LogP contribution < -0.4 is 0 Å². The molecule has 0 bridgehead atoms. The van der Waals surface area contributed by atoms with Crippen LogP contribution in [0, 0.1) is 0 Å². The Morgan fingerprint density at radius 3 is 2.04 bits per heavy atom. The van der Waals surface area contributed by atoms with E-state index in [1.54, 1.807) is 0 Å². The average molecular weight is 604 g/mol. The summed E-state index contributed by atoms with van der Waals surface area (Å²) in [6.45, 7) is 0. The van der Waals surface area contributed by atoms with Crippen molar-refractivity contribution in [2.24, 2.45) is 0 Å². The topological polar surface area (TPSA) is 51.8 Å². The molecule has 8 aromatic rings. The van der Waals surface area contributed by atoms with Gasteiger partial charge >= 0.3 is 0 Å². The number of rotatable bonds is 5. The number of nitrogens with zero attached hydrogens (tertiary/aromatic N) is 3. The van der Waals surface area contributed by atoms with Crippen LogP contribution >= 0.6 is 0 Å². The Balaban J connectivity index is 1.19. The van der Waals surface area contributed by atoms with E-state index in [9.17, 15) is 0 Å². The average Bonchev–Trinajstić information content (AvgIpc) is 3.54. The number of hydrogen-bond acceptors (Lipinski definition) is 4. The smallest absolute Gasteiger partial charge is 0.164 e. The van der Waals surface area contributed by atoms with Crippen molar-refractivity contribution >= 4 is 38.3 Å². The molecule has 0 atom stereocenters. The first-order chi connectivity index (χ1) is 23.3. The molecule has 0 aliphatic heterocycles. The van der Waals surface area contributed by atoms with Crippen LogP contribution in [0.4, 0.5) is 0 Å². The lowest BCUT2D eigenvalue weighted by molar-refractivity contribution is 0.669. The molecule has 6 aromatic carbocycles. The van der Waals surface area contributed by atoms with E-state index in [4.69, 9.17) is 19.4 Å². The van der Waals surface area contributed by atoms with Crippen LogP contribution in [0.1, 0.15) is 18.7 Å². The van der Waals surface area contributed by atoms with Gasteiger partial charge in [-0.3, -0.25) is 0 Å². The second-order valence-corrected chi connectivity index (χ2v) is 11.9. The van der Waals surface area contributed by atoms with E-state index in [0.29, 0.717) is 11.6 Å². The number of allylic oxidation sites excluding steroid dienone is 4. The quantitative estimate of drug-likeness (QED) is 0.196. The summed E-state index contributed by atoms with van der Waals surface area (Å²) in [6.07, 6.45) is 8.26. The molecule has 47 heavy (non-hydrogen) atoms. The fourth-order valence-electron chi connectivity index (χ4n) is 6.65. The standard InChI is InChI=1S/C43H29N3O/c1-2-12-30(13-3-1)41-44-42(31-24-21-29(22-25-31)33-26-23-28-11-4-5-14-32(28)27-33)46-43(45-41)36-16-7-6-15-34(36)35-18-10-20-39-40(35)37-17-8-9-19-38(37)47-39/h1-2,4-12,14-27H,3,13H2. The lowest BCUT2D eigenvalue weighted by atomic mass is 9.95. The maximum Gasteiger partial charge on any atom is 0.164 e. The Kier molecular flexibility index (Phi) is 6.57. The summed E-state index contributed by atoms with van der Waals surface area (Å²) in [5, 5.41) is 4.65. The van der Waals surface area contributed by atoms with Gasteiger partial charge in [-0.1, -0.05) is 133 Å². The zero-order valence-electron chi connectivity index (χ0n) is 25.6. The molecule has 4 nitrogen and oxygen atoms in total. The van der Waals surface area contributed by atoms with Crippen LogP contribution in [0.15, 0.2) is 156 Å². The number of fused-ring (bicyclic) bond motifs is 4. The summed E-state index contributed by atoms with van der Waals surface area (Å²) in [5.41, 5.74) is 9.24. The van der Waals surface area contributed by atoms with Gasteiger partial charge in [0.05, 0.1) is 0 Å². The van der Waals surface area contributed by atoms with Gasteiger partial charge in [0.15, 0.2) is 17.5 Å². The van der Waals surface area contributed by atoms with Crippen LogP contribution in [0.25, 0.3) is 83.3 Å². The molecule has 0 N–H and O–H groups in total. The predicted molar refractivity (Wildman–Crippen MR) is 193 cm³/mol. The van der Waals surface area contributed by atoms with E-state index < -0.39 is 0 Å². The largest absolute Gasteiger partial charge is 0.456 e. The highest BCUT2D eigenvalue weighted by atomic mass is 16.3. The van der Waals surface area contributed by atoms with Gasteiger partial charge in [0, 0.05) is 21.9 Å². The number of aromatic nitrogens is 3. The van der Waals surface area contributed by atoms with E-state index in [0.717, 1.165) is 74.0 Å². The molecule has 1 aliphatic rings. The van der Waals surface area contributed by atoms with Crippen LogP contribution in [0.5, 0.6) is 0 Å². The predicted octanol–water partition coefficient (Wildman–Crippen LogP) is 11.3. The highest BCUT2D eigenvalue weighted by Gasteiger charge is 2.19. The minimum absolute atomic E-state index is 0.652. The third-order valence-corrected chi connectivity index (χ3v) is 9.02. The summed E-state index contributed by atoms with van der Waals surface area (Å²) < 4.78 is 6.24. The van der Waals surface area contributed by atoms with Gasteiger partial charge in [0.25, 0.3) is 0 Å². The fourth-order valence-corrected chi connectivity index (χ4v) is 6.65. The molecule has 0 unspecified atom stereocenters. The zero-order chi connectivity index (χ0) is 31.2. The Labute approximate surface area is 272 Å². The molecule has 0 spiro atoms.